The van der Waals surface area contributed by atoms with Crippen molar-refractivity contribution >= 4 is 0 Å². The molecule has 4 heteroatoms. The molecule has 1 aromatic rings. The van der Waals surface area contributed by atoms with Gasteiger partial charge in [-0.1, -0.05) is 6.07 Å². The van der Waals surface area contributed by atoms with E-state index < -0.39 is 11.6 Å². The summed E-state index contributed by atoms with van der Waals surface area (Å²) in [6.45, 7) is 1.78. The van der Waals surface area contributed by atoms with Gasteiger partial charge >= 0.3 is 0 Å². The highest BCUT2D eigenvalue weighted by Crippen LogP contribution is 2.12. The molecule has 1 atom stereocenters. The number of nitrogens with one attached hydrogen (secondary N) is 1. The molecule has 2 nitrogen and oxygen atoms in total. The average molecular weight is 238 g/mol. The van der Waals surface area contributed by atoms with Crippen LogP contribution in [0.25, 0.3) is 0 Å². The van der Waals surface area contributed by atoms with Crippen molar-refractivity contribution in [3.8, 4) is 11.8 Å². The molecule has 1 aromatic carbocycles. The maximum absolute atomic E-state index is 13.0. The summed E-state index contributed by atoms with van der Waals surface area (Å²) in [4.78, 5) is 0. The van der Waals surface area contributed by atoms with Crippen molar-refractivity contribution in [2.45, 2.75) is 32.2 Å². The minimum atomic E-state index is -0.831. The van der Waals surface area contributed by atoms with Crippen LogP contribution in [-0.2, 0) is 6.42 Å². The zero-order valence-corrected chi connectivity index (χ0v) is 9.76. The Morgan fingerprint density at radius 2 is 2.12 bits per heavy atom. The van der Waals surface area contributed by atoms with Crippen LogP contribution in [0, 0.1) is 23.5 Å². The molecule has 0 fully saturated rings. The van der Waals surface area contributed by atoms with Crippen LogP contribution < -0.4 is 11.3 Å². The summed E-state index contributed by atoms with van der Waals surface area (Å²) in [6.07, 6.45) is 2.06. The van der Waals surface area contributed by atoms with Crippen molar-refractivity contribution in [3.63, 3.8) is 0 Å². The fraction of sp³-hybridized carbons (Fsp3) is 0.385. The van der Waals surface area contributed by atoms with E-state index >= 15 is 0 Å². The fourth-order valence-corrected chi connectivity index (χ4v) is 1.57. The van der Waals surface area contributed by atoms with Crippen LogP contribution in [-0.4, -0.2) is 6.04 Å². The third kappa shape index (κ3) is 4.51. The first-order valence-corrected chi connectivity index (χ1v) is 5.47. The molecule has 17 heavy (non-hydrogen) atoms. The van der Waals surface area contributed by atoms with Gasteiger partial charge in [-0.05, 0) is 37.5 Å². The summed E-state index contributed by atoms with van der Waals surface area (Å²) in [7, 11) is 0. The molecule has 0 aliphatic heterocycles. The zero-order valence-electron chi connectivity index (χ0n) is 9.76. The number of hydrogen-bond acceptors (Lipinski definition) is 2. The lowest BCUT2D eigenvalue weighted by Crippen LogP contribution is -2.36. The molecule has 92 valence electrons. The summed E-state index contributed by atoms with van der Waals surface area (Å²) >= 11 is 0. The minimum Gasteiger partial charge on any atom is -0.271 e. The van der Waals surface area contributed by atoms with Gasteiger partial charge in [0.25, 0.3) is 0 Å². The van der Waals surface area contributed by atoms with Crippen LogP contribution in [0.2, 0.25) is 0 Å². The average Bonchev–Trinajstić information content (AvgIpc) is 2.32. The van der Waals surface area contributed by atoms with Crippen LogP contribution in [0.4, 0.5) is 8.78 Å². The largest absolute Gasteiger partial charge is 0.271 e. The van der Waals surface area contributed by atoms with Gasteiger partial charge in [0.2, 0.25) is 0 Å². The molecule has 0 saturated carbocycles. The molecule has 0 saturated heterocycles. The van der Waals surface area contributed by atoms with Gasteiger partial charge in [0.1, 0.15) is 0 Å². The van der Waals surface area contributed by atoms with E-state index in [4.69, 9.17) is 5.84 Å². The van der Waals surface area contributed by atoms with Gasteiger partial charge in [0.15, 0.2) is 11.6 Å². The summed E-state index contributed by atoms with van der Waals surface area (Å²) in [5, 5.41) is 0. The van der Waals surface area contributed by atoms with Gasteiger partial charge in [0.05, 0.1) is 0 Å². The highest BCUT2D eigenvalue weighted by molar-refractivity contribution is 5.18. The third-order valence-corrected chi connectivity index (χ3v) is 2.50. The quantitative estimate of drug-likeness (QED) is 0.468. The van der Waals surface area contributed by atoms with Crippen molar-refractivity contribution < 1.29 is 8.78 Å². The Morgan fingerprint density at radius 1 is 1.35 bits per heavy atom. The minimum absolute atomic E-state index is 0.0145. The zero-order chi connectivity index (χ0) is 12.7. The monoisotopic (exact) mass is 238 g/mol. The second kappa shape index (κ2) is 7.00. The number of hydrogen-bond donors (Lipinski definition) is 2. The van der Waals surface area contributed by atoms with Crippen molar-refractivity contribution in [3.05, 3.63) is 35.4 Å². The summed E-state index contributed by atoms with van der Waals surface area (Å²) in [5.41, 5.74) is 3.38. The summed E-state index contributed by atoms with van der Waals surface area (Å²) in [5.74, 6) is 9.49. The molecule has 0 bridgehead atoms. The molecule has 1 unspecified atom stereocenters. The van der Waals surface area contributed by atoms with Gasteiger partial charge in [-0.25, -0.2) is 8.78 Å². The smallest absolute Gasteiger partial charge is 0.159 e. The van der Waals surface area contributed by atoms with Crippen LogP contribution in [0.5, 0.6) is 0 Å². The first kappa shape index (κ1) is 13.6. The highest BCUT2D eigenvalue weighted by Gasteiger charge is 2.09. The lowest BCUT2D eigenvalue weighted by Gasteiger charge is -2.14. The maximum atomic E-state index is 13.0. The summed E-state index contributed by atoms with van der Waals surface area (Å²) in [6, 6.07) is 3.91. The second-order valence-electron chi connectivity index (χ2n) is 3.78. The molecular formula is C13H16F2N2. The molecule has 3 N–H and O–H groups in total. The molecule has 0 radical (unpaired) electrons. The Morgan fingerprint density at radius 3 is 2.71 bits per heavy atom. The predicted octanol–water partition coefficient (Wildman–Crippen LogP) is 2.14. The van der Waals surface area contributed by atoms with Gasteiger partial charge in [-0.2, -0.15) is 0 Å². The topological polar surface area (TPSA) is 38.0 Å². The molecular weight excluding hydrogens is 222 g/mol. The van der Waals surface area contributed by atoms with Gasteiger partial charge in [0, 0.05) is 12.5 Å². The number of benzene rings is 1. The predicted molar refractivity (Wildman–Crippen MR) is 63.9 cm³/mol. The Labute approximate surface area is 100 Å². The van der Waals surface area contributed by atoms with Crippen LogP contribution in [0.1, 0.15) is 25.3 Å². The van der Waals surface area contributed by atoms with E-state index in [9.17, 15) is 8.78 Å². The number of halogens is 2. The maximum Gasteiger partial charge on any atom is 0.159 e. The number of nitrogens with two attached hydrogens (primary N) is 1. The van der Waals surface area contributed by atoms with E-state index in [-0.39, 0.29) is 6.04 Å². The first-order chi connectivity index (χ1) is 8.17. The van der Waals surface area contributed by atoms with E-state index in [1.165, 1.54) is 6.07 Å². The van der Waals surface area contributed by atoms with Crippen LogP contribution in [0.3, 0.4) is 0 Å². The van der Waals surface area contributed by atoms with Gasteiger partial charge in [-0.15, -0.1) is 11.8 Å². The van der Waals surface area contributed by atoms with Crippen molar-refractivity contribution in [1.29, 1.82) is 0 Å². The standard InChI is InChI=1S/C13H16F2N2/c1-2-3-4-5-11(17-16)8-10-6-7-12(14)13(15)9-10/h6-7,9,11,17H,4-5,8,16H2,1H3. The van der Waals surface area contributed by atoms with E-state index in [0.29, 0.717) is 6.42 Å². The Hall–Kier alpha value is -1.44. The number of rotatable bonds is 5. The van der Waals surface area contributed by atoms with E-state index in [0.717, 1.165) is 24.5 Å². The van der Waals surface area contributed by atoms with E-state index in [2.05, 4.69) is 17.3 Å². The van der Waals surface area contributed by atoms with Crippen LogP contribution >= 0.6 is 0 Å². The van der Waals surface area contributed by atoms with E-state index in [1.807, 2.05) is 0 Å². The molecule has 0 aromatic heterocycles. The molecule has 0 aliphatic rings. The Balaban J connectivity index is 2.59. The lowest BCUT2D eigenvalue weighted by atomic mass is 10.0. The molecule has 0 amide bonds. The number of hydrazine groups is 1. The molecule has 0 aliphatic carbocycles. The third-order valence-electron chi connectivity index (χ3n) is 2.50. The SMILES string of the molecule is CC#CCCC(Cc1ccc(F)c(F)c1)NN. The van der Waals surface area contributed by atoms with E-state index in [1.54, 1.807) is 13.0 Å². The van der Waals surface area contributed by atoms with Crippen LogP contribution in [0.15, 0.2) is 18.2 Å². The normalized spacial score (nSPS) is 11.8. The molecule has 0 spiro atoms. The fourth-order valence-electron chi connectivity index (χ4n) is 1.57. The molecule has 0 heterocycles. The van der Waals surface area contributed by atoms with Gasteiger partial charge in [-0.3, -0.25) is 11.3 Å². The van der Waals surface area contributed by atoms with Gasteiger partial charge < -0.3 is 0 Å². The Kier molecular flexibility index (Phi) is 5.61. The first-order valence-electron chi connectivity index (χ1n) is 5.47. The molecule has 1 rings (SSSR count). The Bertz CT molecular complexity index is 421. The summed E-state index contributed by atoms with van der Waals surface area (Å²) < 4.78 is 25.7. The highest BCUT2D eigenvalue weighted by atomic mass is 19.2. The van der Waals surface area contributed by atoms with Crippen molar-refractivity contribution in [1.82, 2.24) is 5.43 Å². The van der Waals surface area contributed by atoms with Crippen molar-refractivity contribution in [2.75, 3.05) is 0 Å². The second-order valence-corrected chi connectivity index (χ2v) is 3.78. The lowest BCUT2D eigenvalue weighted by molar-refractivity contribution is 0.487. The van der Waals surface area contributed by atoms with Crippen molar-refractivity contribution in [2.24, 2.45) is 5.84 Å².